The highest BCUT2D eigenvalue weighted by Crippen LogP contribution is 2.27. The monoisotopic (exact) mass is 256 g/mol. The van der Waals surface area contributed by atoms with E-state index in [1.54, 1.807) is 6.92 Å². The summed E-state index contributed by atoms with van der Waals surface area (Å²) in [5, 5.41) is 0. The van der Waals surface area contributed by atoms with Crippen LogP contribution in [0.5, 0.6) is 0 Å². The van der Waals surface area contributed by atoms with Crippen LogP contribution in [0, 0.1) is 19.8 Å². The van der Waals surface area contributed by atoms with Crippen LogP contribution in [0.3, 0.4) is 0 Å². The van der Waals surface area contributed by atoms with Crippen LogP contribution >= 0.6 is 0 Å². The minimum atomic E-state index is -3.33. The van der Waals surface area contributed by atoms with Crippen LogP contribution in [0.15, 0.2) is 4.90 Å². The molecule has 17 heavy (non-hydrogen) atoms. The Morgan fingerprint density at radius 2 is 1.82 bits per heavy atom. The van der Waals surface area contributed by atoms with Gasteiger partial charge in [-0.2, -0.15) is 0 Å². The molecule has 1 heterocycles. The van der Waals surface area contributed by atoms with Crippen LogP contribution in [0.4, 0.5) is 5.82 Å². The Morgan fingerprint density at radius 1 is 1.29 bits per heavy atom. The minimum Gasteiger partial charge on any atom is -0.383 e. The van der Waals surface area contributed by atoms with Crippen molar-refractivity contribution < 1.29 is 8.42 Å². The van der Waals surface area contributed by atoms with E-state index in [4.69, 9.17) is 5.73 Å². The Labute approximate surface area is 103 Å². The van der Waals surface area contributed by atoms with Gasteiger partial charge in [0, 0.05) is 11.9 Å². The minimum absolute atomic E-state index is 0.106. The lowest BCUT2D eigenvalue weighted by Crippen LogP contribution is -2.12. The molecule has 0 aliphatic heterocycles. The Bertz CT molecular complexity index is 534. The smallest absolute Gasteiger partial charge is 0.179 e. The number of rotatable bonds is 3. The fourth-order valence-electron chi connectivity index (χ4n) is 2.08. The number of hydrogen-bond donors (Lipinski definition) is 1. The molecule has 4 nitrogen and oxygen atoms in total. The highest BCUT2D eigenvalue weighted by Gasteiger charge is 2.20. The Morgan fingerprint density at radius 3 is 2.24 bits per heavy atom. The number of pyridine rings is 1. The van der Waals surface area contributed by atoms with Crippen LogP contribution < -0.4 is 5.73 Å². The van der Waals surface area contributed by atoms with Crippen molar-refractivity contribution in [2.75, 3.05) is 12.0 Å². The summed E-state index contributed by atoms with van der Waals surface area (Å²) in [5.74, 6) is 0.556. The summed E-state index contributed by atoms with van der Waals surface area (Å²) in [4.78, 5) is 4.33. The third kappa shape index (κ3) is 2.97. The van der Waals surface area contributed by atoms with Gasteiger partial charge >= 0.3 is 0 Å². The van der Waals surface area contributed by atoms with Crippen molar-refractivity contribution in [1.82, 2.24) is 4.98 Å². The van der Waals surface area contributed by atoms with E-state index in [9.17, 15) is 8.42 Å². The number of aryl methyl sites for hydroxylation is 1. The second kappa shape index (κ2) is 4.64. The largest absolute Gasteiger partial charge is 0.383 e. The summed E-state index contributed by atoms with van der Waals surface area (Å²) in [6, 6.07) is 0. The van der Waals surface area contributed by atoms with Crippen LogP contribution in [0.1, 0.15) is 30.7 Å². The second-order valence-electron chi connectivity index (χ2n) is 4.89. The molecule has 0 bridgehead atoms. The van der Waals surface area contributed by atoms with Crippen LogP contribution in [0.25, 0.3) is 0 Å². The van der Waals surface area contributed by atoms with Gasteiger partial charge in [0.1, 0.15) is 10.7 Å². The average molecular weight is 256 g/mol. The summed E-state index contributed by atoms with van der Waals surface area (Å²) in [7, 11) is -3.33. The zero-order chi connectivity index (χ0) is 13.4. The number of anilines is 1. The van der Waals surface area contributed by atoms with Gasteiger partial charge in [-0.05, 0) is 37.3 Å². The first-order chi connectivity index (χ1) is 7.64. The average Bonchev–Trinajstić information content (AvgIpc) is 2.08. The van der Waals surface area contributed by atoms with Gasteiger partial charge in [-0.15, -0.1) is 0 Å². The van der Waals surface area contributed by atoms with E-state index < -0.39 is 9.84 Å². The van der Waals surface area contributed by atoms with Crippen LogP contribution in [-0.2, 0) is 16.3 Å². The van der Waals surface area contributed by atoms with Gasteiger partial charge in [0.2, 0.25) is 0 Å². The van der Waals surface area contributed by atoms with Gasteiger partial charge in [0.25, 0.3) is 0 Å². The number of nitrogens with two attached hydrogens (primary N) is 1. The zero-order valence-electron chi connectivity index (χ0n) is 11.0. The first-order valence-electron chi connectivity index (χ1n) is 5.60. The van der Waals surface area contributed by atoms with Crippen LogP contribution in [0.2, 0.25) is 0 Å². The first-order valence-corrected chi connectivity index (χ1v) is 7.49. The summed E-state index contributed by atoms with van der Waals surface area (Å²) in [5.41, 5.74) is 8.28. The predicted molar refractivity (Wildman–Crippen MR) is 69.8 cm³/mol. The molecule has 1 aromatic heterocycles. The number of aromatic nitrogens is 1. The summed E-state index contributed by atoms with van der Waals surface area (Å²) in [6.45, 7) is 7.86. The number of hydrogen-bond acceptors (Lipinski definition) is 4. The van der Waals surface area contributed by atoms with E-state index >= 15 is 0 Å². The third-order valence-corrected chi connectivity index (χ3v) is 3.99. The lowest BCUT2D eigenvalue weighted by molar-refractivity contribution is 0.599. The van der Waals surface area contributed by atoms with Gasteiger partial charge in [0.05, 0.1) is 0 Å². The molecule has 0 fully saturated rings. The predicted octanol–water partition coefficient (Wildman–Crippen LogP) is 1.88. The van der Waals surface area contributed by atoms with Gasteiger partial charge in [-0.1, -0.05) is 13.8 Å². The normalized spacial score (nSPS) is 12.1. The number of sulfone groups is 1. The van der Waals surface area contributed by atoms with Crippen molar-refractivity contribution in [3.63, 3.8) is 0 Å². The molecule has 0 amide bonds. The molecule has 0 aliphatic rings. The van der Waals surface area contributed by atoms with Crippen molar-refractivity contribution in [2.24, 2.45) is 5.92 Å². The maximum absolute atomic E-state index is 11.7. The van der Waals surface area contributed by atoms with E-state index in [1.165, 1.54) is 6.26 Å². The van der Waals surface area contributed by atoms with E-state index in [-0.39, 0.29) is 10.7 Å². The molecule has 1 aromatic rings. The molecule has 96 valence electrons. The summed E-state index contributed by atoms with van der Waals surface area (Å²) in [6.07, 6.45) is 1.98. The van der Waals surface area contributed by atoms with Crippen molar-refractivity contribution in [3.8, 4) is 0 Å². The first kappa shape index (κ1) is 14.0. The molecule has 0 unspecified atom stereocenters. The SMILES string of the molecule is Cc1nc(N)c(S(C)(=O)=O)c(C)c1CC(C)C. The molecule has 2 N–H and O–H groups in total. The van der Waals surface area contributed by atoms with E-state index in [1.807, 2.05) is 6.92 Å². The topological polar surface area (TPSA) is 73.0 Å². The van der Waals surface area contributed by atoms with E-state index in [0.717, 1.165) is 23.2 Å². The lowest BCUT2D eigenvalue weighted by atomic mass is 9.97. The highest BCUT2D eigenvalue weighted by atomic mass is 32.2. The molecule has 5 heteroatoms. The molecule has 0 saturated carbocycles. The summed E-state index contributed by atoms with van der Waals surface area (Å²) >= 11 is 0. The van der Waals surface area contributed by atoms with E-state index in [2.05, 4.69) is 18.8 Å². The van der Waals surface area contributed by atoms with Gasteiger partial charge < -0.3 is 5.73 Å². The molecule has 0 atom stereocenters. The molecule has 0 radical (unpaired) electrons. The van der Waals surface area contributed by atoms with Gasteiger partial charge in [-0.3, -0.25) is 0 Å². The fourth-order valence-corrected chi connectivity index (χ4v) is 3.18. The molecular weight excluding hydrogens is 236 g/mol. The molecule has 0 saturated heterocycles. The summed E-state index contributed by atoms with van der Waals surface area (Å²) < 4.78 is 23.4. The molecule has 0 aliphatic carbocycles. The van der Waals surface area contributed by atoms with Crippen molar-refractivity contribution >= 4 is 15.7 Å². The third-order valence-electron chi connectivity index (χ3n) is 2.73. The molecule has 1 rings (SSSR count). The number of nitrogen functional groups attached to an aromatic ring is 1. The van der Waals surface area contributed by atoms with Gasteiger partial charge in [0.15, 0.2) is 9.84 Å². The van der Waals surface area contributed by atoms with Crippen molar-refractivity contribution in [2.45, 2.75) is 39.0 Å². The van der Waals surface area contributed by atoms with Gasteiger partial charge in [-0.25, -0.2) is 13.4 Å². The molecular formula is C12H20N2O2S. The maximum atomic E-state index is 11.7. The second-order valence-corrected chi connectivity index (χ2v) is 6.84. The standard InChI is InChI=1S/C12H20N2O2S/c1-7(2)6-10-8(3)11(17(5,15)16)12(13)14-9(10)4/h7H,6H2,1-5H3,(H2,13,14). The molecule has 0 aromatic carbocycles. The molecule has 0 spiro atoms. The highest BCUT2D eigenvalue weighted by molar-refractivity contribution is 7.91. The Kier molecular flexibility index (Phi) is 3.81. The quantitative estimate of drug-likeness (QED) is 0.896. The Hall–Kier alpha value is -1.10. The van der Waals surface area contributed by atoms with Crippen LogP contribution in [-0.4, -0.2) is 19.7 Å². The fraction of sp³-hybridized carbons (Fsp3) is 0.583. The van der Waals surface area contributed by atoms with E-state index in [0.29, 0.717) is 5.92 Å². The van der Waals surface area contributed by atoms with Crippen molar-refractivity contribution in [1.29, 1.82) is 0 Å². The maximum Gasteiger partial charge on any atom is 0.179 e. The van der Waals surface area contributed by atoms with Crippen molar-refractivity contribution in [3.05, 3.63) is 16.8 Å². The lowest BCUT2D eigenvalue weighted by Gasteiger charge is -2.16. The Balaban J connectivity index is 3.55. The number of nitrogens with zero attached hydrogens (tertiary/aromatic N) is 1. The zero-order valence-corrected chi connectivity index (χ0v) is 11.9.